The van der Waals surface area contributed by atoms with Crippen molar-refractivity contribution in [1.29, 1.82) is 5.26 Å². The van der Waals surface area contributed by atoms with Crippen LogP contribution in [0.3, 0.4) is 0 Å². The van der Waals surface area contributed by atoms with E-state index in [1.165, 1.54) is 23.1 Å². The fourth-order valence-corrected chi connectivity index (χ4v) is 4.39. The first-order valence-corrected chi connectivity index (χ1v) is 10.7. The van der Waals surface area contributed by atoms with Crippen LogP contribution in [0.5, 0.6) is 0 Å². The van der Waals surface area contributed by atoms with Crippen LogP contribution < -0.4 is 11.1 Å². The van der Waals surface area contributed by atoms with Crippen molar-refractivity contribution in [3.63, 3.8) is 0 Å². The monoisotopic (exact) mass is 414 g/mol. The molecule has 0 amide bonds. The first kappa shape index (κ1) is 20.3. The molecule has 3 aromatic rings. The molecular weight excluding hydrogens is 392 g/mol. The minimum absolute atomic E-state index is 0.00990. The summed E-state index contributed by atoms with van der Waals surface area (Å²) in [5, 5.41) is 23.3. The molecule has 1 aromatic carbocycles. The number of nitrogens with two attached hydrogens (primary N) is 1. The molecular formula is C19H22N6OS2. The zero-order valence-electron chi connectivity index (χ0n) is 15.7. The Morgan fingerprint density at radius 2 is 2.07 bits per heavy atom. The van der Waals surface area contributed by atoms with Crippen molar-refractivity contribution in [3.8, 4) is 6.07 Å². The van der Waals surface area contributed by atoms with Gasteiger partial charge in [-0.3, -0.25) is 0 Å². The number of nitriles is 1. The summed E-state index contributed by atoms with van der Waals surface area (Å²) in [6, 6.07) is 9.57. The number of fused-ring (bicyclic) bond motifs is 1. The molecule has 0 saturated heterocycles. The van der Waals surface area contributed by atoms with E-state index in [1.54, 1.807) is 6.07 Å². The number of rotatable bonds is 8. The molecule has 1 atom stereocenters. The van der Waals surface area contributed by atoms with Crippen LogP contribution in [0.15, 0.2) is 29.4 Å². The molecule has 0 bridgehead atoms. The van der Waals surface area contributed by atoms with Gasteiger partial charge in [0.1, 0.15) is 4.70 Å². The number of aliphatic hydroxyl groups excluding tert-OH is 1. The molecule has 2 aromatic heterocycles. The lowest BCUT2D eigenvalue weighted by Gasteiger charge is -2.19. The summed E-state index contributed by atoms with van der Waals surface area (Å²) in [4.78, 5) is 13.4. The van der Waals surface area contributed by atoms with Crippen molar-refractivity contribution in [2.45, 2.75) is 37.2 Å². The Balaban J connectivity index is 1.88. The van der Waals surface area contributed by atoms with E-state index in [4.69, 9.17) is 5.73 Å². The zero-order valence-corrected chi connectivity index (χ0v) is 17.3. The van der Waals surface area contributed by atoms with Crippen LogP contribution in [0.2, 0.25) is 0 Å². The van der Waals surface area contributed by atoms with E-state index in [9.17, 15) is 10.4 Å². The standard InChI is InChI=1S/C19H22N6OS2/c1-11(2)7-14(9-26)22-16-15-17(23-18(21)28-15)25-19(24-16)27-10-13-6-4-3-5-12(13)8-20/h3-6,11,14,26H,7,9-10H2,1-2H3,(H3,21,22,23,24,25)/t14-/m1/s1. The molecule has 0 aliphatic carbocycles. The highest BCUT2D eigenvalue weighted by atomic mass is 32.2. The molecule has 146 valence electrons. The lowest BCUT2D eigenvalue weighted by Crippen LogP contribution is -2.26. The van der Waals surface area contributed by atoms with Gasteiger partial charge >= 0.3 is 0 Å². The number of nitrogens with one attached hydrogen (secondary N) is 1. The number of thiazole rings is 1. The molecule has 0 aliphatic heterocycles. The molecule has 0 unspecified atom stereocenters. The summed E-state index contributed by atoms with van der Waals surface area (Å²) in [6.07, 6.45) is 0.814. The number of thioether (sulfide) groups is 1. The largest absolute Gasteiger partial charge is 0.394 e. The lowest BCUT2D eigenvalue weighted by atomic mass is 10.0. The highest BCUT2D eigenvalue weighted by Crippen LogP contribution is 2.32. The van der Waals surface area contributed by atoms with E-state index in [-0.39, 0.29) is 12.6 Å². The van der Waals surface area contributed by atoms with Gasteiger partial charge in [0.2, 0.25) is 0 Å². The maximum atomic E-state index is 9.71. The van der Waals surface area contributed by atoms with E-state index in [2.05, 4.69) is 40.2 Å². The van der Waals surface area contributed by atoms with Crippen molar-refractivity contribution in [2.75, 3.05) is 17.7 Å². The third kappa shape index (κ3) is 4.90. The van der Waals surface area contributed by atoms with E-state index in [1.807, 2.05) is 18.2 Å². The summed E-state index contributed by atoms with van der Waals surface area (Å²) in [6.45, 7) is 4.23. The average Bonchev–Trinajstić information content (AvgIpc) is 3.06. The van der Waals surface area contributed by atoms with Gasteiger partial charge in [-0.25, -0.2) is 15.0 Å². The first-order valence-electron chi connectivity index (χ1n) is 8.92. The number of hydrogen-bond acceptors (Lipinski definition) is 9. The molecule has 0 fully saturated rings. The second-order valence-electron chi connectivity index (χ2n) is 6.77. The predicted octanol–water partition coefficient (Wildman–Crippen LogP) is 3.65. The molecule has 2 heterocycles. The van der Waals surface area contributed by atoms with Crippen molar-refractivity contribution < 1.29 is 5.11 Å². The van der Waals surface area contributed by atoms with Crippen molar-refractivity contribution in [1.82, 2.24) is 15.0 Å². The highest BCUT2D eigenvalue weighted by molar-refractivity contribution is 7.98. The SMILES string of the molecule is CC(C)C[C@H](CO)Nc1nc(SCc2ccccc2C#N)nc2nc(N)sc12. The minimum Gasteiger partial charge on any atom is -0.394 e. The lowest BCUT2D eigenvalue weighted by molar-refractivity contribution is 0.259. The van der Waals surface area contributed by atoms with Crippen LogP contribution in [0.4, 0.5) is 10.9 Å². The quantitative estimate of drug-likeness (QED) is 0.377. The number of hydrogen-bond donors (Lipinski definition) is 3. The second-order valence-corrected chi connectivity index (χ2v) is 8.74. The van der Waals surface area contributed by atoms with Crippen molar-refractivity contribution >= 4 is 44.4 Å². The summed E-state index contributed by atoms with van der Waals surface area (Å²) >= 11 is 2.76. The molecule has 9 heteroatoms. The van der Waals surface area contributed by atoms with Crippen molar-refractivity contribution in [2.24, 2.45) is 5.92 Å². The predicted molar refractivity (Wildman–Crippen MR) is 114 cm³/mol. The number of nitrogen functional groups attached to an aromatic ring is 1. The van der Waals surface area contributed by atoms with E-state index >= 15 is 0 Å². The Bertz CT molecular complexity index is 998. The van der Waals surface area contributed by atoms with Crippen LogP contribution in [-0.4, -0.2) is 32.7 Å². The molecule has 0 spiro atoms. The molecule has 0 aliphatic rings. The highest BCUT2D eigenvalue weighted by Gasteiger charge is 2.17. The van der Waals surface area contributed by atoms with E-state index < -0.39 is 0 Å². The smallest absolute Gasteiger partial charge is 0.191 e. The Morgan fingerprint density at radius 3 is 2.79 bits per heavy atom. The topological polar surface area (TPSA) is 121 Å². The summed E-state index contributed by atoms with van der Waals surface area (Å²) in [5.41, 5.74) is 7.99. The van der Waals surface area contributed by atoms with Gasteiger partial charge in [0.15, 0.2) is 21.8 Å². The molecule has 0 radical (unpaired) electrons. The third-order valence-electron chi connectivity index (χ3n) is 4.06. The van der Waals surface area contributed by atoms with Gasteiger partial charge < -0.3 is 16.2 Å². The molecule has 7 nitrogen and oxygen atoms in total. The summed E-state index contributed by atoms with van der Waals surface area (Å²) in [7, 11) is 0. The van der Waals surface area contributed by atoms with Gasteiger partial charge in [-0.1, -0.05) is 55.1 Å². The number of benzene rings is 1. The zero-order chi connectivity index (χ0) is 20.1. The number of anilines is 2. The van der Waals surface area contributed by atoms with Crippen molar-refractivity contribution in [3.05, 3.63) is 35.4 Å². The fourth-order valence-electron chi connectivity index (χ4n) is 2.82. The molecule has 0 saturated carbocycles. The average molecular weight is 415 g/mol. The van der Waals surface area contributed by atoms with Gasteiger partial charge in [0.25, 0.3) is 0 Å². The van der Waals surface area contributed by atoms with Gasteiger partial charge in [0, 0.05) is 5.75 Å². The van der Waals surface area contributed by atoms with Crippen LogP contribution >= 0.6 is 23.1 Å². The Labute approximate surface area is 172 Å². The van der Waals surface area contributed by atoms with Crippen LogP contribution in [0, 0.1) is 17.2 Å². The van der Waals surface area contributed by atoms with E-state index in [0.29, 0.717) is 39.0 Å². The number of aliphatic hydroxyl groups is 1. The first-order chi connectivity index (χ1) is 13.5. The second kappa shape index (κ2) is 9.19. The fraction of sp³-hybridized carbons (Fsp3) is 0.368. The third-order valence-corrected chi connectivity index (χ3v) is 5.84. The van der Waals surface area contributed by atoms with Gasteiger partial charge in [-0.2, -0.15) is 5.26 Å². The maximum absolute atomic E-state index is 9.71. The molecule has 4 N–H and O–H groups in total. The Hall–Kier alpha value is -2.41. The number of aromatic nitrogens is 3. The van der Waals surface area contributed by atoms with Gasteiger partial charge in [0.05, 0.1) is 24.3 Å². The molecule has 28 heavy (non-hydrogen) atoms. The minimum atomic E-state index is -0.112. The summed E-state index contributed by atoms with van der Waals surface area (Å²) in [5.74, 6) is 1.64. The van der Waals surface area contributed by atoms with Crippen LogP contribution in [0.25, 0.3) is 10.3 Å². The molecule has 3 rings (SSSR count). The van der Waals surface area contributed by atoms with Crippen LogP contribution in [-0.2, 0) is 5.75 Å². The van der Waals surface area contributed by atoms with Crippen LogP contribution in [0.1, 0.15) is 31.4 Å². The summed E-state index contributed by atoms with van der Waals surface area (Å²) < 4.78 is 0.779. The normalized spacial score (nSPS) is 12.2. The Morgan fingerprint density at radius 1 is 1.29 bits per heavy atom. The maximum Gasteiger partial charge on any atom is 0.191 e. The Kier molecular flexibility index (Phi) is 6.67. The van der Waals surface area contributed by atoms with Gasteiger partial charge in [-0.05, 0) is 24.0 Å². The number of nitrogens with zero attached hydrogens (tertiary/aromatic N) is 4. The van der Waals surface area contributed by atoms with Gasteiger partial charge in [-0.15, -0.1) is 0 Å². The van der Waals surface area contributed by atoms with E-state index in [0.717, 1.165) is 16.7 Å².